The molecule has 6 heteroatoms. The fraction of sp³-hybridized carbons (Fsp3) is 0.250. The normalized spacial score (nSPS) is 15.1. The Balaban J connectivity index is 3.13. The van der Waals surface area contributed by atoms with E-state index in [1.54, 1.807) is 13.0 Å². The topological polar surface area (TPSA) is 26.3 Å². The molecule has 0 fully saturated rings. The van der Waals surface area contributed by atoms with Crippen LogP contribution in [0, 0.1) is 0 Å². The van der Waals surface area contributed by atoms with E-state index in [9.17, 15) is 4.57 Å². The van der Waals surface area contributed by atoms with Crippen LogP contribution in [-0.4, -0.2) is 6.61 Å². The van der Waals surface area contributed by atoms with Crippen molar-refractivity contribution in [1.82, 2.24) is 0 Å². The lowest BCUT2D eigenvalue weighted by molar-refractivity contribution is 0.352. The van der Waals surface area contributed by atoms with Crippen molar-refractivity contribution in [3.63, 3.8) is 0 Å². The zero-order valence-electron chi connectivity index (χ0n) is 7.34. The summed E-state index contributed by atoms with van der Waals surface area (Å²) >= 11 is 17.2. The van der Waals surface area contributed by atoms with Gasteiger partial charge in [0.2, 0.25) is 0 Å². The van der Waals surface area contributed by atoms with Crippen LogP contribution in [0.5, 0.6) is 0 Å². The second kappa shape index (κ2) is 4.87. The van der Waals surface area contributed by atoms with E-state index in [1.807, 2.05) is 0 Å². The molecule has 1 aromatic rings. The number of hydrogen-bond acceptors (Lipinski definition) is 2. The zero-order chi connectivity index (χ0) is 10.8. The van der Waals surface area contributed by atoms with Crippen molar-refractivity contribution in [3.8, 4) is 0 Å². The molecular weight excluding hydrogens is 265 g/mol. The minimum atomic E-state index is -3.32. The van der Waals surface area contributed by atoms with E-state index in [-0.39, 0.29) is 16.9 Å². The van der Waals surface area contributed by atoms with Crippen molar-refractivity contribution in [3.05, 3.63) is 28.2 Å². The van der Waals surface area contributed by atoms with Gasteiger partial charge in [-0.15, -0.1) is 0 Å². The second-order valence-corrected chi connectivity index (χ2v) is 6.37. The number of benzene rings is 1. The summed E-state index contributed by atoms with van der Waals surface area (Å²) in [5.41, 5.74) is 0. The van der Waals surface area contributed by atoms with E-state index in [2.05, 4.69) is 0 Å². The summed E-state index contributed by atoms with van der Waals surface area (Å²) in [6.45, 7) is -1.35. The fourth-order valence-electron chi connectivity index (χ4n) is 0.933. The number of hydrogen-bond donors (Lipinski definition) is 0. The summed E-state index contributed by atoms with van der Waals surface area (Å²) in [5.74, 6) is 0. The lowest BCUT2D eigenvalue weighted by atomic mass is 10.4. The molecule has 0 aliphatic heterocycles. The Bertz CT molecular complexity index is 381. The van der Waals surface area contributed by atoms with E-state index in [0.717, 1.165) is 0 Å². The fourth-order valence-corrected chi connectivity index (χ4v) is 3.58. The summed E-state index contributed by atoms with van der Waals surface area (Å²) in [4.78, 5) is 0. The van der Waals surface area contributed by atoms with Gasteiger partial charge in [-0.2, -0.15) is 0 Å². The molecule has 0 saturated heterocycles. The van der Waals surface area contributed by atoms with Crippen molar-refractivity contribution in [1.29, 1.82) is 0 Å². The molecule has 1 atom stereocenters. The van der Waals surface area contributed by atoms with Crippen molar-refractivity contribution in [2.75, 3.05) is 6.61 Å². The third-order valence-corrected chi connectivity index (χ3v) is 4.57. The maximum Gasteiger partial charge on any atom is 0.321 e. The highest BCUT2D eigenvalue weighted by Gasteiger charge is 2.24. The van der Waals surface area contributed by atoms with Crippen LogP contribution in [0.2, 0.25) is 10.0 Å². The smallest absolute Gasteiger partial charge is 0.315 e. The Morgan fingerprint density at radius 1 is 1.43 bits per heavy atom. The number of halogens is 3. The lowest BCUT2D eigenvalue weighted by Crippen LogP contribution is -2.04. The molecular formula is C8H8Cl3O2P. The van der Waals surface area contributed by atoms with E-state index in [4.69, 9.17) is 39.0 Å². The molecule has 2 nitrogen and oxygen atoms in total. The monoisotopic (exact) mass is 272 g/mol. The SMILES string of the molecule is CCOP(=O)(Cl)c1ccc(Cl)cc1Cl. The molecule has 0 aromatic heterocycles. The van der Waals surface area contributed by atoms with Crippen LogP contribution in [0.1, 0.15) is 6.92 Å². The van der Waals surface area contributed by atoms with Gasteiger partial charge in [-0.3, -0.25) is 4.57 Å². The highest BCUT2D eigenvalue weighted by Crippen LogP contribution is 2.52. The van der Waals surface area contributed by atoms with Crippen LogP contribution in [0.3, 0.4) is 0 Å². The summed E-state index contributed by atoms with van der Waals surface area (Å²) in [6.07, 6.45) is 0. The number of rotatable bonds is 3. The predicted molar refractivity (Wildman–Crippen MR) is 61.2 cm³/mol. The minimum Gasteiger partial charge on any atom is -0.315 e. The average Bonchev–Trinajstić information content (AvgIpc) is 2.02. The van der Waals surface area contributed by atoms with Crippen LogP contribution < -0.4 is 5.30 Å². The molecule has 0 aliphatic rings. The molecule has 1 unspecified atom stereocenters. The molecule has 0 heterocycles. The molecule has 0 radical (unpaired) electrons. The maximum absolute atomic E-state index is 11.8. The van der Waals surface area contributed by atoms with Crippen LogP contribution in [-0.2, 0) is 9.09 Å². The Labute approximate surface area is 97.4 Å². The molecule has 0 bridgehead atoms. The molecule has 1 aromatic carbocycles. The van der Waals surface area contributed by atoms with Crippen LogP contribution in [0.15, 0.2) is 18.2 Å². The molecule has 1 rings (SSSR count). The third-order valence-electron chi connectivity index (χ3n) is 1.49. The molecule has 0 spiro atoms. The molecule has 0 aliphatic carbocycles. The first-order valence-corrected chi connectivity index (χ1v) is 7.16. The van der Waals surface area contributed by atoms with Gasteiger partial charge in [0.15, 0.2) is 0 Å². The Hall–Kier alpha value is 0.280. The predicted octanol–water partition coefficient (Wildman–Crippen LogP) is 4.09. The first-order valence-electron chi connectivity index (χ1n) is 3.87. The molecule has 78 valence electrons. The highest BCUT2D eigenvalue weighted by molar-refractivity contribution is 7.91. The van der Waals surface area contributed by atoms with Gasteiger partial charge in [-0.05, 0) is 36.4 Å². The van der Waals surface area contributed by atoms with Crippen molar-refractivity contribution < 1.29 is 9.09 Å². The average molecular weight is 273 g/mol. The van der Waals surface area contributed by atoms with E-state index < -0.39 is 6.72 Å². The summed E-state index contributed by atoms with van der Waals surface area (Å²) < 4.78 is 16.7. The van der Waals surface area contributed by atoms with Gasteiger partial charge in [0.05, 0.1) is 16.9 Å². The summed E-state index contributed by atoms with van der Waals surface area (Å²) in [5, 5.41) is 1.00. The molecule has 14 heavy (non-hydrogen) atoms. The van der Waals surface area contributed by atoms with Crippen LogP contribution in [0.25, 0.3) is 0 Å². The standard InChI is InChI=1S/C8H8Cl3O2P/c1-2-13-14(11,12)8-4-3-6(9)5-7(8)10/h3-5H,2H2,1H3. The van der Waals surface area contributed by atoms with Gasteiger partial charge in [-0.1, -0.05) is 23.2 Å². The first kappa shape index (κ1) is 12.4. The summed E-state index contributed by atoms with van der Waals surface area (Å²) in [7, 11) is 0. The van der Waals surface area contributed by atoms with Gasteiger partial charge in [-0.25, -0.2) is 0 Å². The second-order valence-electron chi connectivity index (χ2n) is 2.49. The van der Waals surface area contributed by atoms with Crippen LogP contribution >= 0.6 is 41.2 Å². The lowest BCUT2D eigenvalue weighted by Gasteiger charge is -2.11. The first-order chi connectivity index (χ1) is 6.47. The molecule has 0 amide bonds. The highest BCUT2D eigenvalue weighted by atomic mass is 35.7. The zero-order valence-corrected chi connectivity index (χ0v) is 10.5. The third kappa shape index (κ3) is 2.88. The van der Waals surface area contributed by atoms with Gasteiger partial charge in [0, 0.05) is 5.02 Å². The maximum atomic E-state index is 11.8. The Kier molecular flexibility index (Phi) is 4.30. The van der Waals surface area contributed by atoms with Gasteiger partial charge in [0.25, 0.3) is 0 Å². The van der Waals surface area contributed by atoms with Crippen molar-refractivity contribution in [2.24, 2.45) is 0 Å². The van der Waals surface area contributed by atoms with Crippen molar-refractivity contribution >= 4 is 46.5 Å². The summed E-state index contributed by atoms with van der Waals surface area (Å²) in [6, 6.07) is 4.55. The Morgan fingerprint density at radius 3 is 2.57 bits per heavy atom. The molecule has 0 N–H and O–H groups in total. The van der Waals surface area contributed by atoms with E-state index in [1.165, 1.54) is 12.1 Å². The Morgan fingerprint density at radius 2 is 2.07 bits per heavy atom. The van der Waals surface area contributed by atoms with Gasteiger partial charge < -0.3 is 4.52 Å². The minimum absolute atomic E-state index is 0.254. The van der Waals surface area contributed by atoms with Crippen LogP contribution in [0.4, 0.5) is 0 Å². The van der Waals surface area contributed by atoms with E-state index in [0.29, 0.717) is 5.02 Å². The largest absolute Gasteiger partial charge is 0.321 e. The van der Waals surface area contributed by atoms with Crippen molar-refractivity contribution in [2.45, 2.75) is 6.92 Å². The van der Waals surface area contributed by atoms with Gasteiger partial charge >= 0.3 is 6.72 Å². The quantitative estimate of drug-likeness (QED) is 0.775. The van der Waals surface area contributed by atoms with E-state index >= 15 is 0 Å². The molecule has 0 saturated carbocycles. The van der Waals surface area contributed by atoms with Gasteiger partial charge in [0.1, 0.15) is 0 Å².